The molecule has 1 saturated heterocycles. The van der Waals surface area contributed by atoms with Crippen molar-refractivity contribution in [3.63, 3.8) is 0 Å². The average molecular weight is 376 g/mol. The van der Waals surface area contributed by atoms with Gasteiger partial charge in [0.15, 0.2) is 5.65 Å². The molecule has 4 heterocycles. The molecule has 4 aromatic rings. The number of carbonyl (C=O) groups is 1. The van der Waals surface area contributed by atoms with E-state index in [1.807, 2.05) is 18.2 Å². The van der Waals surface area contributed by atoms with Gasteiger partial charge >= 0.3 is 0 Å². The van der Waals surface area contributed by atoms with E-state index in [-0.39, 0.29) is 17.8 Å². The standard InChI is InChI=1S/C21H17FN4O2/c22-16-5-3-14(4-6-16)21(27)25-10-7-17(12-25)26-19(15-8-11-28-13-15)24-18-2-1-9-23-20(18)26/h1-6,8-9,11,13,17H,7,10,12H2/t17-/m1/s1. The smallest absolute Gasteiger partial charge is 0.253 e. The maximum atomic E-state index is 13.2. The number of pyridine rings is 1. The minimum absolute atomic E-state index is 0.0502. The fourth-order valence-corrected chi connectivity index (χ4v) is 3.78. The van der Waals surface area contributed by atoms with Crippen molar-refractivity contribution >= 4 is 17.1 Å². The second-order valence-electron chi connectivity index (χ2n) is 6.86. The van der Waals surface area contributed by atoms with E-state index in [4.69, 9.17) is 9.40 Å². The third kappa shape index (κ3) is 2.76. The molecule has 0 unspecified atom stereocenters. The predicted octanol–water partition coefficient (Wildman–Crippen LogP) is 3.92. The Balaban J connectivity index is 1.49. The lowest BCUT2D eigenvalue weighted by molar-refractivity contribution is 0.0788. The molecular formula is C21H17FN4O2. The molecule has 0 aliphatic carbocycles. The molecule has 140 valence electrons. The molecule has 1 aromatic carbocycles. The van der Waals surface area contributed by atoms with Crippen LogP contribution in [0.4, 0.5) is 4.39 Å². The summed E-state index contributed by atoms with van der Waals surface area (Å²) in [6, 6.07) is 11.4. The minimum atomic E-state index is -0.350. The van der Waals surface area contributed by atoms with Crippen LogP contribution in [0.1, 0.15) is 22.8 Å². The molecule has 3 aromatic heterocycles. The van der Waals surface area contributed by atoms with E-state index in [1.165, 1.54) is 24.3 Å². The van der Waals surface area contributed by atoms with E-state index < -0.39 is 0 Å². The number of imidazole rings is 1. The van der Waals surface area contributed by atoms with Gasteiger partial charge in [-0.25, -0.2) is 14.4 Å². The minimum Gasteiger partial charge on any atom is -0.472 e. The summed E-state index contributed by atoms with van der Waals surface area (Å²) in [5, 5.41) is 0. The lowest BCUT2D eigenvalue weighted by atomic mass is 10.2. The van der Waals surface area contributed by atoms with Crippen molar-refractivity contribution < 1.29 is 13.6 Å². The topological polar surface area (TPSA) is 64.2 Å². The summed E-state index contributed by atoms with van der Waals surface area (Å²) >= 11 is 0. The van der Waals surface area contributed by atoms with Crippen molar-refractivity contribution in [2.75, 3.05) is 13.1 Å². The van der Waals surface area contributed by atoms with Crippen LogP contribution in [0.25, 0.3) is 22.6 Å². The molecule has 1 amide bonds. The zero-order valence-electron chi connectivity index (χ0n) is 15.0. The van der Waals surface area contributed by atoms with E-state index in [2.05, 4.69) is 9.55 Å². The van der Waals surface area contributed by atoms with Crippen LogP contribution >= 0.6 is 0 Å². The predicted molar refractivity (Wildman–Crippen MR) is 101 cm³/mol. The molecule has 1 atom stereocenters. The molecule has 1 aliphatic rings. The maximum Gasteiger partial charge on any atom is 0.253 e. The van der Waals surface area contributed by atoms with Gasteiger partial charge in [0.05, 0.1) is 17.9 Å². The maximum absolute atomic E-state index is 13.2. The summed E-state index contributed by atoms with van der Waals surface area (Å²) in [4.78, 5) is 23.8. The van der Waals surface area contributed by atoms with Crippen molar-refractivity contribution in [2.45, 2.75) is 12.5 Å². The van der Waals surface area contributed by atoms with Gasteiger partial charge in [-0.3, -0.25) is 4.79 Å². The molecule has 5 rings (SSSR count). The highest BCUT2D eigenvalue weighted by Crippen LogP contribution is 2.32. The van der Waals surface area contributed by atoms with Crippen LogP contribution in [0.5, 0.6) is 0 Å². The lowest BCUT2D eigenvalue weighted by Crippen LogP contribution is -2.29. The fourth-order valence-electron chi connectivity index (χ4n) is 3.78. The number of carbonyl (C=O) groups excluding carboxylic acids is 1. The highest BCUT2D eigenvalue weighted by Gasteiger charge is 2.31. The number of rotatable bonds is 3. The lowest BCUT2D eigenvalue weighted by Gasteiger charge is -2.18. The van der Waals surface area contributed by atoms with Gasteiger partial charge in [0.1, 0.15) is 23.4 Å². The SMILES string of the molecule is O=C(c1ccc(F)cc1)N1CC[C@@H](n2c(-c3ccoc3)nc3cccnc32)C1. The van der Waals surface area contributed by atoms with Crippen molar-refractivity contribution in [1.29, 1.82) is 0 Å². The molecule has 0 spiro atoms. The van der Waals surface area contributed by atoms with Crippen LogP contribution in [0.15, 0.2) is 65.6 Å². The van der Waals surface area contributed by atoms with Gasteiger partial charge in [-0.1, -0.05) is 0 Å². The first-order valence-electron chi connectivity index (χ1n) is 9.11. The summed E-state index contributed by atoms with van der Waals surface area (Å²) in [7, 11) is 0. The molecule has 1 fully saturated rings. The molecule has 28 heavy (non-hydrogen) atoms. The van der Waals surface area contributed by atoms with E-state index in [0.29, 0.717) is 18.7 Å². The van der Waals surface area contributed by atoms with Crippen LogP contribution in [0, 0.1) is 5.82 Å². The number of furan rings is 1. The van der Waals surface area contributed by atoms with Gasteiger partial charge in [-0.2, -0.15) is 0 Å². The summed E-state index contributed by atoms with van der Waals surface area (Å²) in [5.41, 5.74) is 2.97. The van der Waals surface area contributed by atoms with Crippen molar-refractivity contribution in [3.05, 3.63) is 72.6 Å². The number of fused-ring (bicyclic) bond motifs is 1. The normalized spacial score (nSPS) is 16.8. The van der Waals surface area contributed by atoms with E-state index >= 15 is 0 Å². The van der Waals surface area contributed by atoms with Crippen LogP contribution in [0.2, 0.25) is 0 Å². The summed E-state index contributed by atoms with van der Waals surface area (Å²) < 4.78 is 20.5. The highest BCUT2D eigenvalue weighted by atomic mass is 19.1. The Morgan fingerprint density at radius 1 is 1.18 bits per heavy atom. The van der Waals surface area contributed by atoms with Crippen molar-refractivity contribution in [3.8, 4) is 11.4 Å². The van der Waals surface area contributed by atoms with Crippen LogP contribution in [-0.2, 0) is 0 Å². The third-order valence-corrected chi connectivity index (χ3v) is 5.14. The number of aromatic nitrogens is 3. The molecule has 0 saturated carbocycles. The van der Waals surface area contributed by atoms with Crippen LogP contribution in [0.3, 0.4) is 0 Å². The quantitative estimate of drug-likeness (QED) is 0.544. The van der Waals surface area contributed by atoms with Crippen molar-refractivity contribution in [2.24, 2.45) is 0 Å². The Morgan fingerprint density at radius 2 is 2.04 bits per heavy atom. The number of benzene rings is 1. The first-order valence-corrected chi connectivity index (χ1v) is 9.11. The van der Waals surface area contributed by atoms with Gasteiger partial charge in [0.2, 0.25) is 0 Å². The number of likely N-dealkylation sites (tertiary alicyclic amines) is 1. The van der Waals surface area contributed by atoms with Crippen molar-refractivity contribution in [1.82, 2.24) is 19.4 Å². The number of hydrogen-bond donors (Lipinski definition) is 0. The van der Waals surface area contributed by atoms with E-state index in [9.17, 15) is 9.18 Å². The summed E-state index contributed by atoms with van der Waals surface area (Å²) in [5.74, 6) is 0.338. The van der Waals surface area contributed by atoms with E-state index in [0.717, 1.165) is 29.0 Å². The molecule has 0 radical (unpaired) electrons. The van der Waals surface area contributed by atoms with Gasteiger partial charge in [-0.15, -0.1) is 0 Å². The largest absolute Gasteiger partial charge is 0.472 e. The Bertz CT molecular complexity index is 1140. The number of halogens is 1. The van der Waals surface area contributed by atoms with Gasteiger partial charge in [0.25, 0.3) is 5.91 Å². The summed E-state index contributed by atoms with van der Waals surface area (Å²) in [6.45, 7) is 1.17. The molecule has 1 aliphatic heterocycles. The molecule has 7 heteroatoms. The van der Waals surface area contributed by atoms with Gasteiger partial charge in [-0.05, 0) is 48.9 Å². The third-order valence-electron chi connectivity index (χ3n) is 5.14. The number of hydrogen-bond acceptors (Lipinski definition) is 4. The molecule has 6 nitrogen and oxygen atoms in total. The average Bonchev–Trinajstić information content (AvgIpc) is 3.46. The van der Waals surface area contributed by atoms with E-state index in [1.54, 1.807) is 23.6 Å². The second-order valence-corrected chi connectivity index (χ2v) is 6.86. The number of amides is 1. The highest BCUT2D eigenvalue weighted by molar-refractivity contribution is 5.94. The second kappa shape index (κ2) is 6.60. The first kappa shape index (κ1) is 16.7. The molecule has 0 N–H and O–H groups in total. The zero-order chi connectivity index (χ0) is 19.1. The molecular weight excluding hydrogens is 359 g/mol. The monoisotopic (exact) mass is 376 g/mol. The van der Waals surface area contributed by atoms with Gasteiger partial charge < -0.3 is 13.9 Å². The summed E-state index contributed by atoms with van der Waals surface area (Å²) in [6.07, 6.45) is 5.81. The Hall–Kier alpha value is -3.48. The number of nitrogens with zero attached hydrogens (tertiary/aromatic N) is 4. The fraction of sp³-hybridized carbons (Fsp3) is 0.190. The van der Waals surface area contributed by atoms with Crippen LogP contribution < -0.4 is 0 Å². The zero-order valence-corrected chi connectivity index (χ0v) is 15.0. The van der Waals surface area contributed by atoms with Gasteiger partial charge in [0, 0.05) is 24.8 Å². The van der Waals surface area contributed by atoms with Crippen LogP contribution in [-0.4, -0.2) is 38.4 Å². The Morgan fingerprint density at radius 3 is 2.82 bits per heavy atom. The Kier molecular flexibility index (Phi) is 3.93. The Labute approximate surface area is 160 Å². The first-order chi connectivity index (χ1) is 13.7. The molecule has 0 bridgehead atoms.